The van der Waals surface area contributed by atoms with Crippen molar-refractivity contribution in [1.29, 1.82) is 0 Å². The summed E-state index contributed by atoms with van der Waals surface area (Å²) in [7, 11) is -3.55. The minimum atomic E-state index is -3.55. The van der Waals surface area contributed by atoms with E-state index >= 15 is 0 Å². The fraction of sp³-hybridized carbons (Fsp3) is 0.160. The highest BCUT2D eigenvalue weighted by Crippen LogP contribution is 2.25. The Morgan fingerprint density at radius 2 is 1.73 bits per heavy atom. The van der Waals surface area contributed by atoms with Crippen LogP contribution in [-0.2, 0) is 22.1 Å². The highest BCUT2D eigenvalue weighted by atomic mass is 32.2. The van der Waals surface area contributed by atoms with Crippen molar-refractivity contribution in [1.82, 2.24) is 15.3 Å². The van der Waals surface area contributed by atoms with Crippen LogP contribution in [0.3, 0.4) is 0 Å². The molecule has 0 saturated carbocycles. The van der Waals surface area contributed by atoms with Gasteiger partial charge in [0.2, 0.25) is 5.89 Å². The van der Waals surface area contributed by atoms with Gasteiger partial charge in [-0.3, -0.25) is 9.78 Å². The molecule has 0 radical (unpaired) electrons. The fourth-order valence-corrected chi connectivity index (χ4v) is 4.59. The first-order chi connectivity index (χ1) is 15.8. The molecule has 8 heteroatoms. The zero-order valence-corrected chi connectivity index (χ0v) is 19.1. The fourth-order valence-electron chi connectivity index (χ4n) is 3.25. The minimum Gasteiger partial charge on any atom is -0.441 e. The van der Waals surface area contributed by atoms with Crippen LogP contribution in [0.25, 0.3) is 11.5 Å². The summed E-state index contributed by atoms with van der Waals surface area (Å²) >= 11 is 0. The van der Waals surface area contributed by atoms with Crippen LogP contribution >= 0.6 is 0 Å². The van der Waals surface area contributed by atoms with Crippen LogP contribution in [0.2, 0.25) is 0 Å². The smallest absolute Gasteiger partial charge is 0.251 e. The van der Waals surface area contributed by atoms with Gasteiger partial charge in [0, 0.05) is 30.1 Å². The summed E-state index contributed by atoms with van der Waals surface area (Å²) in [6, 6.07) is 17.2. The van der Waals surface area contributed by atoms with Gasteiger partial charge in [0.1, 0.15) is 11.5 Å². The molecule has 0 aliphatic heterocycles. The van der Waals surface area contributed by atoms with E-state index in [2.05, 4.69) is 15.3 Å². The molecular formula is C25H23N3O4S. The molecule has 7 nitrogen and oxygen atoms in total. The Labute approximate surface area is 192 Å². The van der Waals surface area contributed by atoms with Crippen molar-refractivity contribution in [2.45, 2.75) is 31.0 Å². The highest BCUT2D eigenvalue weighted by Gasteiger charge is 2.21. The third-order valence-electron chi connectivity index (χ3n) is 5.17. The van der Waals surface area contributed by atoms with Crippen molar-refractivity contribution in [3.05, 3.63) is 101 Å². The summed E-state index contributed by atoms with van der Waals surface area (Å²) in [5.74, 6) is 0.294. The van der Waals surface area contributed by atoms with Crippen molar-refractivity contribution in [2.75, 3.05) is 0 Å². The predicted octanol–water partition coefficient (Wildman–Crippen LogP) is 4.26. The molecule has 0 atom stereocenters. The lowest BCUT2D eigenvalue weighted by Gasteiger charge is -2.05. The van der Waals surface area contributed by atoms with Gasteiger partial charge < -0.3 is 9.73 Å². The van der Waals surface area contributed by atoms with Crippen LogP contribution in [0.5, 0.6) is 0 Å². The summed E-state index contributed by atoms with van der Waals surface area (Å²) in [5.41, 5.74) is 3.41. The van der Waals surface area contributed by atoms with Gasteiger partial charge in [-0.1, -0.05) is 23.8 Å². The lowest BCUT2D eigenvalue weighted by Crippen LogP contribution is -2.22. The lowest BCUT2D eigenvalue weighted by molar-refractivity contribution is 0.0951. The number of nitrogens with zero attached hydrogens (tertiary/aromatic N) is 2. The van der Waals surface area contributed by atoms with Crippen molar-refractivity contribution >= 4 is 15.7 Å². The van der Waals surface area contributed by atoms with E-state index < -0.39 is 9.84 Å². The molecule has 4 rings (SSSR count). The zero-order chi connectivity index (χ0) is 23.4. The standard InChI is InChI=1S/C25H23N3O4S/c1-17-5-11-22(12-6-17)33(30,31)16-23-18(2)32-25(28-23)21-9-7-20(8-10-21)24(29)27-15-19-4-3-13-26-14-19/h3-14H,15-16H2,1-2H3,(H,27,29). The summed E-state index contributed by atoms with van der Waals surface area (Å²) in [6.07, 6.45) is 3.38. The molecule has 0 aliphatic carbocycles. The van der Waals surface area contributed by atoms with Gasteiger partial charge in [0.15, 0.2) is 9.84 Å². The Morgan fingerprint density at radius 1 is 1.00 bits per heavy atom. The average Bonchev–Trinajstić information content (AvgIpc) is 3.18. The summed E-state index contributed by atoms with van der Waals surface area (Å²) in [6.45, 7) is 3.98. The van der Waals surface area contributed by atoms with Gasteiger partial charge >= 0.3 is 0 Å². The Balaban J connectivity index is 1.46. The van der Waals surface area contributed by atoms with Gasteiger partial charge in [-0.25, -0.2) is 13.4 Å². The number of oxazole rings is 1. The number of sulfone groups is 1. The van der Waals surface area contributed by atoms with Crippen LogP contribution in [0.1, 0.15) is 32.9 Å². The van der Waals surface area contributed by atoms with Crippen LogP contribution < -0.4 is 5.32 Å². The maximum Gasteiger partial charge on any atom is 0.251 e. The maximum absolute atomic E-state index is 12.8. The molecule has 168 valence electrons. The van der Waals surface area contributed by atoms with Crippen molar-refractivity contribution in [3.8, 4) is 11.5 Å². The van der Waals surface area contributed by atoms with Crippen molar-refractivity contribution in [2.24, 2.45) is 0 Å². The Bertz CT molecular complexity index is 1360. The van der Waals surface area contributed by atoms with Gasteiger partial charge in [0.25, 0.3) is 5.91 Å². The normalized spacial score (nSPS) is 11.3. The van der Waals surface area contributed by atoms with Crippen LogP contribution in [0, 0.1) is 13.8 Å². The van der Waals surface area contributed by atoms with E-state index in [1.54, 1.807) is 67.8 Å². The number of hydrogen-bond donors (Lipinski definition) is 1. The number of pyridine rings is 1. The molecule has 2 aromatic carbocycles. The molecular weight excluding hydrogens is 438 g/mol. The van der Waals surface area contributed by atoms with Gasteiger partial charge in [-0.2, -0.15) is 0 Å². The number of aryl methyl sites for hydroxylation is 2. The summed E-state index contributed by atoms with van der Waals surface area (Å²) < 4.78 is 31.3. The van der Waals surface area contributed by atoms with Crippen molar-refractivity contribution < 1.29 is 17.6 Å². The first-order valence-corrected chi connectivity index (χ1v) is 12.0. The van der Waals surface area contributed by atoms with E-state index in [1.165, 1.54) is 0 Å². The monoisotopic (exact) mass is 461 g/mol. The molecule has 0 spiro atoms. The maximum atomic E-state index is 12.8. The molecule has 0 fully saturated rings. The molecule has 1 amide bonds. The number of amides is 1. The Morgan fingerprint density at radius 3 is 2.39 bits per heavy atom. The average molecular weight is 462 g/mol. The largest absolute Gasteiger partial charge is 0.441 e. The molecule has 0 unspecified atom stereocenters. The topological polar surface area (TPSA) is 102 Å². The summed E-state index contributed by atoms with van der Waals surface area (Å²) in [4.78, 5) is 21.1. The van der Waals surface area contributed by atoms with E-state index in [1.807, 2.05) is 19.1 Å². The second-order valence-corrected chi connectivity index (χ2v) is 9.70. The van der Waals surface area contributed by atoms with Gasteiger partial charge in [-0.05, 0) is 61.9 Å². The number of carbonyl (C=O) groups excluding carboxylic acids is 1. The van der Waals surface area contributed by atoms with Crippen LogP contribution in [0.15, 0.2) is 82.4 Å². The minimum absolute atomic E-state index is 0.209. The quantitative estimate of drug-likeness (QED) is 0.441. The van der Waals surface area contributed by atoms with Crippen molar-refractivity contribution in [3.63, 3.8) is 0 Å². The third kappa shape index (κ3) is 5.35. The zero-order valence-electron chi connectivity index (χ0n) is 18.3. The number of benzene rings is 2. The molecule has 33 heavy (non-hydrogen) atoms. The highest BCUT2D eigenvalue weighted by molar-refractivity contribution is 7.90. The SMILES string of the molecule is Cc1ccc(S(=O)(=O)Cc2nc(-c3ccc(C(=O)NCc4cccnc4)cc3)oc2C)cc1. The van der Waals surface area contributed by atoms with Gasteiger partial charge in [0.05, 0.1) is 10.6 Å². The first kappa shape index (κ1) is 22.4. The van der Waals surface area contributed by atoms with E-state index in [0.717, 1.165) is 11.1 Å². The molecule has 2 aromatic heterocycles. The number of nitrogens with one attached hydrogen (secondary N) is 1. The number of carbonyl (C=O) groups is 1. The first-order valence-electron chi connectivity index (χ1n) is 10.3. The van der Waals surface area contributed by atoms with Gasteiger partial charge in [-0.15, -0.1) is 0 Å². The van der Waals surface area contributed by atoms with Crippen LogP contribution in [0.4, 0.5) is 0 Å². The Hall–Kier alpha value is -3.78. The molecule has 4 aromatic rings. The molecule has 0 bridgehead atoms. The third-order valence-corrected chi connectivity index (χ3v) is 6.81. The van der Waals surface area contributed by atoms with E-state index in [-0.39, 0.29) is 16.6 Å². The van der Waals surface area contributed by atoms with E-state index in [4.69, 9.17) is 4.42 Å². The lowest BCUT2D eigenvalue weighted by atomic mass is 10.1. The number of rotatable bonds is 7. The van der Waals surface area contributed by atoms with E-state index in [9.17, 15) is 13.2 Å². The summed E-state index contributed by atoms with van der Waals surface area (Å²) in [5, 5.41) is 2.85. The Kier molecular flexibility index (Phi) is 6.37. The second kappa shape index (κ2) is 9.38. The predicted molar refractivity (Wildman–Crippen MR) is 124 cm³/mol. The number of hydrogen-bond acceptors (Lipinski definition) is 6. The van der Waals surface area contributed by atoms with Crippen LogP contribution in [-0.4, -0.2) is 24.3 Å². The number of aromatic nitrogens is 2. The molecule has 2 heterocycles. The second-order valence-electron chi connectivity index (χ2n) is 7.72. The molecule has 1 N–H and O–H groups in total. The molecule has 0 aliphatic rings. The van der Waals surface area contributed by atoms with E-state index in [0.29, 0.717) is 35.0 Å². The molecule has 0 saturated heterocycles.